The minimum absolute atomic E-state index is 0.162. The number of aryl methyl sites for hydroxylation is 1. The molecule has 1 aromatic heterocycles. The van der Waals surface area contributed by atoms with Crippen molar-refractivity contribution in [3.63, 3.8) is 0 Å². The molecule has 1 saturated heterocycles. The first-order valence-electron chi connectivity index (χ1n) is 10.2. The van der Waals surface area contributed by atoms with Crippen LogP contribution in [-0.2, 0) is 17.8 Å². The van der Waals surface area contributed by atoms with Gasteiger partial charge in [-0.25, -0.2) is 9.59 Å². The van der Waals surface area contributed by atoms with Crippen LogP contribution < -0.4 is 5.69 Å². The summed E-state index contributed by atoms with van der Waals surface area (Å²) in [5.41, 5.74) is 1.67. The molecule has 0 bridgehead atoms. The van der Waals surface area contributed by atoms with Gasteiger partial charge in [0.15, 0.2) is 0 Å². The molecule has 0 amide bonds. The van der Waals surface area contributed by atoms with Crippen LogP contribution in [0.2, 0.25) is 0 Å². The summed E-state index contributed by atoms with van der Waals surface area (Å²) < 4.78 is 8.33. The summed E-state index contributed by atoms with van der Waals surface area (Å²) >= 11 is 0. The fraction of sp³-hybridized carbons (Fsp3) is 0.619. The van der Waals surface area contributed by atoms with Gasteiger partial charge in [0.2, 0.25) is 0 Å². The number of likely N-dealkylation sites (tertiary alicyclic amines) is 1. The lowest BCUT2D eigenvalue weighted by Crippen LogP contribution is -2.40. The van der Waals surface area contributed by atoms with E-state index in [2.05, 4.69) is 11.8 Å². The minimum Gasteiger partial charge on any atom is -0.462 e. The number of fused-ring (bicyclic) bond motifs is 1. The fourth-order valence-electron chi connectivity index (χ4n) is 3.95. The molecular formula is C21H31N3O4. The number of aromatic nitrogens is 2. The van der Waals surface area contributed by atoms with Crippen molar-refractivity contribution >= 4 is 17.0 Å². The topological polar surface area (TPSA) is 76.7 Å². The lowest BCUT2D eigenvalue weighted by molar-refractivity contribution is 0.0526. The molecule has 1 unspecified atom stereocenters. The molecule has 1 aliphatic heterocycles. The first kappa shape index (κ1) is 20.6. The molecule has 7 heteroatoms. The summed E-state index contributed by atoms with van der Waals surface area (Å²) in [4.78, 5) is 27.2. The van der Waals surface area contributed by atoms with Gasteiger partial charge >= 0.3 is 11.7 Å². The smallest absolute Gasteiger partial charge is 0.338 e. The lowest BCUT2D eigenvalue weighted by atomic mass is 9.99. The molecule has 3 rings (SSSR count). The van der Waals surface area contributed by atoms with Crippen LogP contribution in [0.3, 0.4) is 0 Å². The number of rotatable bonds is 7. The number of esters is 1. The Morgan fingerprint density at radius 3 is 2.54 bits per heavy atom. The molecule has 1 aromatic carbocycles. The number of aliphatic hydroxyl groups is 1. The van der Waals surface area contributed by atoms with Gasteiger partial charge in [-0.1, -0.05) is 6.92 Å². The van der Waals surface area contributed by atoms with Gasteiger partial charge in [0.05, 0.1) is 35.9 Å². The summed E-state index contributed by atoms with van der Waals surface area (Å²) in [5.74, 6) is 0.329. The molecule has 0 spiro atoms. The molecule has 1 fully saturated rings. The summed E-state index contributed by atoms with van der Waals surface area (Å²) in [5, 5.41) is 10.6. The van der Waals surface area contributed by atoms with Gasteiger partial charge in [-0.3, -0.25) is 9.13 Å². The molecule has 1 atom stereocenters. The molecule has 154 valence electrons. The Morgan fingerprint density at radius 1 is 1.18 bits per heavy atom. The number of ether oxygens (including phenoxy) is 1. The molecule has 0 radical (unpaired) electrons. The summed E-state index contributed by atoms with van der Waals surface area (Å²) in [7, 11) is 0. The van der Waals surface area contributed by atoms with Gasteiger partial charge in [-0.05, 0) is 63.9 Å². The lowest BCUT2D eigenvalue weighted by Gasteiger charge is -2.31. The number of hydrogen-bond acceptors (Lipinski definition) is 5. The quantitative estimate of drug-likeness (QED) is 0.734. The van der Waals surface area contributed by atoms with E-state index >= 15 is 0 Å². The summed E-state index contributed by atoms with van der Waals surface area (Å²) in [6, 6.07) is 5.15. The second-order valence-corrected chi connectivity index (χ2v) is 7.70. The van der Waals surface area contributed by atoms with E-state index in [1.54, 1.807) is 34.3 Å². The van der Waals surface area contributed by atoms with E-state index in [0.717, 1.165) is 37.4 Å². The van der Waals surface area contributed by atoms with E-state index in [4.69, 9.17) is 4.74 Å². The van der Waals surface area contributed by atoms with Gasteiger partial charge < -0.3 is 14.7 Å². The summed E-state index contributed by atoms with van der Waals surface area (Å²) in [6.07, 6.45) is 1.64. The maximum Gasteiger partial charge on any atom is 0.338 e. The zero-order valence-electron chi connectivity index (χ0n) is 17.1. The van der Waals surface area contributed by atoms with Crippen molar-refractivity contribution in [2.75, 3.05) is 26.2 Å². The predicted octanol–water partition coefficient (Wildman–Crippen LogP) is 2.09. The molecular weight excluding hydrogens is 358 g/mol. The van der Waals surface area contributed by atoms with Crippen LogP contribution in [0.1, 0.15) is 44.0 Å². The highest BCUT2D eigenvalue weighted by atomic mass is 16.5. The Kier molecular flexibility index (Phi) is 6.57. The highest BCUT2D eigenvalue weighted by Gasteiger charge is 2.21. The van der Waals surface area contributed by atoms with E-state index in [-0.39, 0.29) is 12.2 Å². The van der Waals surface area contributed by atoms with Gasteiger partial charge in [0.25, 0.3) is 0 Å². The van der Waals surface area contributed by atoms with Crippen molar-refractivity contribution in [2.45, 2.75) is 52.8 Å². The van der Waals surface area contributed by atoms with E-state index in [1.807, 2.05) is 6.92 Å². The molecule has 1 N–H and O–H groups in total. The molecule has 2 aromatic rings. The highest BCUT2D eigenvalue weighted by molar-refractivity contribution is 5.93. The molecule has 0 saturated carbocycles. The Morgan fingerprint density at radius 2 is 1.89 bits per heavy atom. The normalized spacial score (nSPS) is 17.1. The van der Waals surface area contributed by atoms with Gasteiger partial charge in [-0.2, -0.15) is 0 Å². The summed E-state index contributed by atoms with van der Waals surface area (Å²) in [6.45, 7) is 9.49. The van der Waals surface area contributed by atoms with Crippen molar-refractivity contribution < 1.29 is 14.6 Å². The molecule has 0 aliphatic carbocycles. The number of aliphatic hydroxyl groups excluding tert-OH is 1. The van der Waals surface area contributed by atoms with Crippen molar-refractivity contribution in [2.24, 2.45) is 5.92 Å². The second kappa shape index (κ2) is 8.92. The van der Waals surface area contributed by atoms with Crippen molar-refractivity contribution in [1.82, 2.24) is 14.0 Å². The maximum atomic E-state index is 12.9. The molecule has 7 nitrogen and oxygen atoms in total. The van der Waals surface area contributed by atoms with Crippen LogP contribution in [0.25, 0.3) is 11.0 Å². The number of hydrogen-bond donors (Lipinski definition) is 1. The number of carbonyl (C=O) groups excluding carboxylic acids is 1. The van der Waals surface area contributed by atoms with Gasteiger partial charge in [0, 0.05) is 13.1 Å². The van der Waals surface area contributed by atoms with Crippen LogP contribution in [0.5, 0.6) is 0 Å². The van der Waals surface area contributed by atoms with Crippen LogP contribution in [0, 0.1) is 5.92 Å². The SMILES string of the molecule is CCOC(=O)c1ccc2c(c1)n(CC(O)CN1CCC(C)CC1)c(=O)n2CC. The number of β-amino-alcohol motifs (C(OH)–C–C–N with tert-alkyl or cyclic N) is 1. The zero-order chi connectivity index (χ0) is 20.3. The first-order chi connectivity index (χ1) is 13.4. The van der Waals surface area contributed by atoms with Crippen LogP contribution >= 0.6 is 0 Å². The van der Waals surface area contributed by atoms with Crippen LogP contribution in [0.4, 0.5) is 0 Å². The van der Waals surface area contributed by atoms with Crippen molar-refractivity contribution in [1.29, 1.82) is 0 Å². The number of piperidine rings is 1. The average Bonchev–Trinajstić information content (AvgIpc) is 2.94. The van der Waals surface area contributed by atoms with E-state index in [0.29, 0.717) is 30.8 Å². The number of imidazole rings is 1. The maximum absolute atomic E-state index is 12.9. The molecule has 1 aliphatic rings. The Labute approximate surface area is 165 Å². The van der Waals surface area contributed by atoms with E-state index in [1.165, 1.54) is 0 Å². The van der Waals surface area contributed by atoms with Crippen LogP contribution in [0.15, 0.2) is 23.0 Å². The number of nitrogens with zero attached hydrogens (tertiary/aromatic N) is 3. The Balaban J connectivity index is 1.86. The average molecular weight is 389 g/mol. The number of benzene rings is 1. The third kappa shape index (κ3) is 4.31. The van der Waals surface area contributed by atoms with E-state index < -0.39 is 12.1 Å². The third-order valence-corrected chi connectivity index (χ3v) is 5.58. The zero-order valence-corrected chi connectivity index (χ0v) is 17.1. The Bertz CT molecular complexity index is 878. The van der Waals surface area contributed by atoms with Crippen molar-refractivity contribution in [3.05, 3.63) is 34.2 Å². The Hall–Kier alpha value is -2.12. The third-order valence-electron chi connectivity index (χ3n) is 5.58. The van der Waals surface area contributed by atoms with Crippen molar-refractivity contribution in [3.8, 4) is 0 Å². The van der Waals surface area contributed by atoms with E-state index in [9.17, 15) is 14.7 Å². The monoisotopic (exact) mass is 389 g/mol. The number of carbonyl (C=O) groups is 1. The van der Waals surface area contributed by atoms with Crippen LogP contribution in [-0.4, -0.2) is 57.5 Å². The standard InChI is InChI=1S/C21H31N3O4/c1-4-23-18-7-6-16(20(26)28-5-2)12-19(18)24(21(23)27)14-17(25)13-22-10-8-15(3)9-11-22/h6-7,12,15,17,25H,4-5,8-11,13-14H2,1-3H3. The fourth-order valence-corrected chi connectivity index (χ4v) is 3.95. The molecule has 28 heavy (non-hydrogen) atoms. The van der Waals surface area contributed by atoms with Gasteiger partial charge in [-0.15, -0.1) is 0 Å². The molecule has 2 heterocycles. The minimum atomic E-state index is -0.645. The largest absolute Gasteiger partial charge is 0.462 e. The first-order valence-corrected chi connectivity index (χ1v) is 10.2. The highest BCUT2D eigenvalue weighted by Crippen LogP contribution is 2.19. The predicted molar refractivity (Wildman–Crippen MR) is 109 cm³/mol. The van der Waals surface area contributed by atoms with Gasteiger partial charge in [0.1, 0.15) is 0 Å². The second-order valence-electron chi connectivity index (χ2n) is 7.70.